The van der Waals surface area contributed by atoms with E-state index in [4.69, 9.17) is 0 Å². The summed E-state index contributed by atoms with van der Waals surface area (Å²) in [5.74, 6) is -0.851. The summed E-state index contributed by atoms with van der Waals surface area (Å²) in [6.45, 7) is 0.662. The van der Waals surface area contributed by atoms with E-state index in [2.05, 4.69) is 25.6 Å². The molecule has 1 saturated heterocycles. The van der Waals surface area contributed by atoms with Gasteiger partial charge >= 0.3 is 0 Å². The second kappa shape index (κ2) is 7.34. The van der Waals surface area contributed by atoms with Gasteiger partial charge in [-0.3, -0.25) is 19.4 Å². The van der Waals surface area contributed by atoms with E-state index in [1.807, 2.05) is 0 Å². The van der Waals surface area contributed by atoms with Crippen LogP contribution in [-0.4, -0.2) is 57.7 Å². The molecule has 3 rings (SSSR count). The van der Waals surface area contributed by atoms with Gasteiger partial charge in [0.1, 0.15) is 5.69 Å². The predicted octanol–water partition coefficient (Wildman–Crippen LogP) is -0.0677. The summed E-state index contributed by atoms with van der Waals surface area (Å²) in [5.41, 5.74) is 0.868. The minimum Gasteiger partial charge on any atom is -0.359 e. The summed E-state index contributed by atoms with van der Waals surface area (Å²) in [6.07, 6.45) is 4.53. The molecule has 1 aliphatic heterocycles. The van der Waals surface area contributed by atoms with Crippen LogP contribution in [-0.2, 0) is 16.0 Å². The van der Waals surface area contributed by atoms with Crippen molar-refractivity contribution in [2.45, 2.75) is 6.42 Å². The van der Waals surface area contributed by atoms with E-state index in [9.17, 15) is 14.4 Å². The first-order valence-electron chi connectivity index (χ1n) is 7.58. The van der Waals surface area contributed by atoms with Gasteiger partial charge < -0.3 is 15.5 Å². The Hall–Kier alpha value is -2.88. The third-order valence-electron chi connectivity index (χ3n) is 3.72. The van der Waals surface area contributed by atoms with E-state index in [0.29, 0.717) is 23.9 Å². The van der Waals surface area contributed by atoms with Crippen LogP contribution in [0.2, 0.25) is 0 Å². The molecule has 10 heteroatoms. The molecule has 2 aromatic rings. The molecule has 0 aromatic carbocycles. The molecule has 0 bridgehead atoms. The van der Waals surface area contributed by atoms with Crippen LogP contribution in [0.3, 0.4) is 0 Å². The fraction of sp³-hybridized carbons (Fsp3) is 0.333. The van der Waals surface area contributed by atoms with Crippen molar-refractivity contribution in [3.05, 3.63) is 35.4 Å². The minimum atomic E-state index is -0.285. The fourth-order valence-corrected chi connectivity index (χ4v) is 3.00. The van der Waals surface area contributed by atoms with Gasteiger partial charge in [0.2, 0.25) is 11.8 Å². The molecule has 0 atom stereocenters. The number of anilines is 1. The van der Waals surface area contributed by atoms with Crippen molar-refractivity contribution in [2.75, 3.05) is 25.5 Å². The highest BCUT2D eigenvalue weighted by Gasteiger charge is 2.36. The van der Waals surface area contributed by atoms with Crippen molar-refractivity contribution < 1.29 is 14.4 Å². The van der Waals surface area contributed by atoms with Crippen LogP contribution in [0.5, 0.6) is 0 Å². The quantitative estimate of drug-likeness (QED) is 0.771. The Morgan fingerprint density at radius 3 is 2.80 bits per heavy atom. The molecule has 9 nitrogen and oxygen atoms in total. The van der Waals surface area contributed by atoms with Gasteiger partial charge in [0.25, 0.3) is 5.91 Å². The zero-order valence-electron chi connectivity index (χ0n) is 13.4. The summed E-state index contributed by atoms with van der Waals surface area (Å²) in [4.78, 5) is 49.2. The summed E-state index contributed by atoms with van der Waals surface area (Å²) in [7, 11) is 1.56. The smallest absolute Gasteiger partial charge is 0.274 e. The lowest BCUT2D eigenvalue weighted by molar-refractivity contribution is -0.123. The van der Waals surface area contributed by atoms with E-state index < -0.39 is 0 Å². The zero-order valence-corrected chi connectivity index (χ0v) is 14.2. The molecule has 0 saturated carbocycles. The van der Waals surface area contributed by atoms with Crippen LogP contribution in [0, 0.1) is 5.92 Å². The first kappa shape index (κ1) is 17.0. The van der Waals surface area contributed by atoms with Crippen LogP contribution in [0.1, 0.15) is 16.2 Å². The predicted molar refractivity (Wildman–Crippen MR) is 89.9 cm³/mol. The number of hydrogen-bond acceptors (Lipinski definition) is 7. The van der Waals surface area contributed by atoms with Gasteiger partial charge in [-0.25, -0.2) is 9.97 Å². The number of likely N-dealkylation sites (tertiary alicyclic amines) is 1. The van der Waals surface area contributed by atoms with E-state index in [0.717, 1.165) is 0 Å². The van der Waals surface area contributed by atoms with Gasteiger partial charge in [-0.15, -0.1) is 11.3 Å². The van der Waals surface area contributed by atoms with E-state index in [1.54, 1.807) is 17.3 Å². The summed E-state index contributed by atoms with van der Waals surface area (Å²) in [5, 5.41) is 7.42. The average Bonchev–Trinajstić information content (AvgIpc) is 3.00. The lowest BCUT2D eigenvalue weighted by Crippen LogP contribution is -2.54. The normalized spacial score (nSPS) is 13.9. The molecule has 2 N–H and O–H groups in total. The van der Waals surface area contributed by atoms with Crippen molar-refractivity contribution >= 4 is 34.2 Å². The monoisotopic (exact) mass is 360 g/mol. The number of aromatic nitrogens is 3. The Bertz CT molecular complexity index is 788. The Kier molecular flexibility index (Phi) is 4.98. The number of hydrogen-bond donors (Lipinski definition) is 2. The number of likely N-dealkylation sites (N-methyl/N-ethyl adjacent to an activating group) is 1. The van der Waals surface area contributed by atoms with Gasteiger partial charge in [-0.05, 0) is 0 Å². The lowest BCUT2D eigenvalue weighted by Gasteiger charge is -2.37. The third-order valence-corrected chi connectivity index (χ3v) is 4.53. The summed E-state index contributed by atoms with van der Waals surface area (Å²) in [6, 6.07) is 0. The van der Waals surface area contributed by atoms with Crippen LogP contribution >= 0.6 is 11.3 Å². The second-order valence-electron chi connectivity index (χ2n) is 5.48. The highest BCUT2D eigenvalue weighted by molar-refractivity contribution is 7.13. The number of carbonyl (C=O) groups is 3. The van der Waals surface area contributed by atoms with Gasteiger partial charge in [0, 0.05) is 37.9 Å². The zero-order chi connectivity index (χ0) is 17.8. The highest BCUT2D eigenvalue weighted by atomic mass is 32.1. The average molecular weight is 360 g/mol. The van der Waals surface area contributed by atoms with Crippen molar-refractivity contribution in [1.29, 1.82) is 0 Å². The topological polar surface area (TPSA) is 117 Å². The molecule has 3 heterocycles. The van der Waals surface area contributed by atoms with Gasteiger partial charge in [0.05, 0.1) is 24.2 Å². The van der Waals surface area contributed by atoms with Gasteiger partial charge in [0.15, 0.2) is 5.13 Å². The van der Waals surface area contributed by atoms with Crippen LogP contribution < -0.4 is 10.6 Å². The van der Waals surface area contributed by atoms with Crippen molar-refractivity contribution in [1.82, 2.24) is 25.2 Å². The SMILES string of the molecule is CNC(=O)Cc1csc(NC(=O)C2CN(C(=O)c3cnccn3)C2)n1. The van der Waals surface area contributed by atoms with Gasteiger partial charge in [-0.1, -0.05) is 0 Å². The Balaban J connectivity index is 1.49. The van der Waals surface area contributed by atoms with Crippen LogP contribution in [0.4, 0.5) is 5.13 Å². The van der Waals surface area contributed by atoms with E-state index in [-0.39, 0.29) is 35.8 Å². The molecule has 25 heavy (non-hydrogen) atoms. The van der Waals surface area contributed by atoms with E-state index in [1.165, 1.54) is 29.9 Å². The maximum absolute atomic E-state index is 12.2. The summed E-state index contributed by atoms with van der Waals surface area (Å²) >= 11 is 1.26. The number of rotatable bonds is 5. The molecule has 0 radical (unpaired) electrons. The Morgan fingerprint density at radius 2 is 2.12 bits per heavy atom. The number of amides is 3. The van der Waals surface area contributed by atoms with Crippen LogP contribution in [0.25, 0.3) is 0 Å². The first-order chi connectivity index (χ1) is 12.1. The number of thiazole rings is 1. The molecule has 0 unspecified atom stereocenters. The second-order valence-corrected chi connectivity index (χ2v) is 6.34. The van der Waals surface area contributed by atoms with Crippen molar-refractivity contribution in [2.24, 2.45) is 5.92 Å². The number of nitrogens with one attached hydrogen (secondary N) is 2. The molecule has 3 amide bonds. The fourth-order valence-electron chi connectivity index (χ4n) is 2.29. The molecular weight excluding hydrogens is 344 g/mol. The molecule has 1 aliphatic rings. The maximum atomic E-state index is 12.2. The standard InChI is InChI=1S/C15H16N6O3S/c1-16-12(22)4-10-8-25-15(19-10)20-13(23)9-6-21(7-9)14(24)11-5-17-2-3-18-11/h2-3,5,8-9H,4,6-7H2,1H3,(H,16,22)(H,19,20,23). The number of nitrogens with zero attached hydrogens (tertiary/aromatic N) is 4. The van der Waals surface area contributed by atoms with Crippen LogP contribution in [0.15, 0.2) is 24.0 Å². The first-order valence-corrected chi connectivity index (χ1v) is 8.46. The van der Waals surface area contributed by atoms with Crippen molar-refractivity contribution in [3.8, 4) is 0 Å². The largest absolute Gasteiger partial charge is 0.359 e. The molecule has 130 valence electrons. The van der Waals surface area contributed by atoms with Gasteiger partial charge in [-0.2, -0.15) is 0 Å². The van der Waals surface area contributed by atoms with Crippen molar-refractivity contribution in [3.63, 3.8) is 0 Å². The molecule has 1 fully saturated rings. The molecule has 0 spiro atoms. The Morgan fingerprint density at radius 1 is 1.32 bits per heavy atom. The lowest BCUT2D eigenvalue weighted by atomic mass is 9.99. The summed E-state index contributed by atoms with van der Waals surface area (Å²) < 4.78 is 0. The molecular formula is C15H16N6O3S. The minimum absolute atomic E-state index is 0.139. The Labute approximate surface area is 147 Å². The highest BCUT2D eigenvalue weighted by Crippen LogP contribution is 2.22. The number of carbonyl (C=O) groups excluding carboxylic acids is 3. The van der Waals surface area contributed by atoms with E-state index >= 15 is 0 Å². The molecule has 2 aromatic heterocycles. The maximum Gasteiger partial charge on any atom is 0.274 e. The molecule has 0 aliphatic carbocycles. The third kappa shape index (κ3) is 3.97.